The summed E-state index contributed by atoms with van der Waals surface area (Å²) in [7, 11) is -4.35. The third-order valence-electron chi connectivity index (χ3n) is 4.69. The standard InChI is InChI=1S/C19H29N2O6P/c20-13-5-4-8-16(19(23)24)27-28(25,26)18(15-10-11-15)21-17(22)12-9-14-6-2-1-3-7-14/h1-3,6-7,15-16,18H,4-5,8-13,20H2,(H,21,22)(H,23,24)(H,25,26)/t16-,18?/m0/s1. The average Bonchev–Trinajstić information content (AvgIpc) is 3.49. The second kappa shape index (κ2) is 10.7. The molecule has 5 N–H and O–H groups in total. The second-order valence-corrected chi connectivity index (χ2v) is 9.01. The van der Waals surface area contributed by atoms with Crippen molar-refractivity contribution in [2.75, 3.05) is 6.54 Å². The molecule has 9 heteroatoms. The molecule has 0 heterocycles. The molecule has 0 spiro atoms. The van der Waals surface area contributed by atoms with E-state index in [1.165, 1.54) is 0 Å². The number of rotatable bonds is 13. The molecule has 0 radical (unpaired) electrons. The number of aliphatic carboxylic acids is 1. The first kappa shape index (κ1) is 22.6. The number of carbonyl (C=O) groups is 2. The number of carbonyl (C=O) groups excluding carboxylic acids is 1. The maximum absolute atomic E-state index is 12.8. The first-order valence-electron chi connectivity index (χ1n) is 9.60. The highest BCUT2D eigenvalue weighted by molar-refractivity contribution is 7.53. The fourth-order valence-corrected chi connectivity index (χ4v) is 4.79. The molecule has 28 heavy (non-hydrogen) atoms. The monoisotopic (exact) mass is 412 g/mol. The third kappa shape index (κ3) is 7.36. The van der Waals surface area contributed by atoms with Crippen molar-refractivity contribution >= 4 is 19.5 Å². The Balaban J connectivity index is 1.95. The largest absolute Gasteiger partial charge is 0.479 e. The van der Waals surface area contributed by atoms with E-state index in [0.717, 1.165) is 5.56 Å². The molecule has 1 saturated carbocycles. The minimum absolute atomic E-state index is 0.0937. The molecule has 1 amide bonds. The van der Waals surface area contributed by atoms with Crippen LogP contribution in [0.1, 0.15) is 44.1 Å². The van der Waals surface area contributed by atoms with Gasteiger partial charge in [-0.25, -0.2) is 4.79 Å². The molecule has 0 aromatic heterocycles. The van der Waals surface area contributed by atoms with E-state index in [-0.39, 0.29) is 24.7 Å². The lowest BCUT2D eigenvalue weighted by Crippen LogP contribution is -2.38. The topological polar surface area (TPSA) is 139 Å². The molecule has 0 aliphatic heterocycles. The van der Waals surface area contributed by atoms with Crippen LogP contribution in [0.5, 0.6) is 0 Å². The maximum Gasteiger partial charge on any atom is 0.351 e. The van der Waals surface area contributed by atoms with E-state index in [4.69, 9.17) is 10.3 Å². The summed E-state index contributed by atoms with van der Waals surface area (Å²) in [6, 6.07) is 9.47. The number of hydrogen-bond donors (Lipinski definition) is 4. The lowest BCUT2D eigenvalue weighted by Gasteiger charge is -2.26. The molecule has 0 saturated heterocycles. The summed E-state index contributed by atoms with van der Waals surface area (Å²) >= 11 is 0. The summed E-state index contributed by atoms with van der Waals surface area (Å²) < 4.78 is 17.9. The van der Waals surface area contributed by atoms with Gasteiger partial charge in [0.25, 0.3) is 0 Å². The van der Waals surface area contributed by atoms with E-state index >= 15 is 0 Å². The summed E-state index contributed by atoms with van der Waals surface area (Å²) in [5.74, 6) is -2.90. The molecule has 0 bridgehead atoms. The van der Waals surface area contributed by atoms with Gasteiger partial charge in [0.15, 0.2) is 6.10 Å². The van der Waals surface area contributed by atoms with Gasteiger partial charge >= 0.3 is 13.6 Å². The Hall–Kier alpha value is -1.73. The van der Waals surface area contributed by atoms with Gasteiger partial charge in [0.1, 0.15) is 5.78 Å². The quantitative estimate of drug-likeness (QED) is 0.288. The van der Waals surface area contributed by atoms with Crippen LogP contribution in [0.15, 0.2) is 30.3 Å². The Kier molecular flexibility index (Phi) is 8.63. The lowest BCUT2D eigenvalue weighted by molar-refractivity contribution is -0.145. The highest BCUT2D eigenvalue weighted by Crippen LogP contribution is 2.56. The van der Waals surface area contributed by atoms with E-state index in [0.29, 0.717) is 38.6 Å². The van der Waals surface area contributed by atoms with E-state index in [1.807, 2.05) is 30.3 Å². The van der Waals surface area contributed by atoms with E-state index < -0.39 is 25.5 Å². The van der Waals surface area contributed by atoms with Gasteiger partial charge in [-0.2, -0.15) is 0 Å². The number of carboxylic acid groups (broad SMARTS) is 1. The third-order valence-corrected chi connectivity index (χ3v) is 6.50. The molecule has 1 aromatic rings. The van der Waals surface area contributed by atoms with Crippen molar-refractivity contribution in [3.05, 3.63) is 35.9 Å². The molecular formula is C19H29N2O6P. The summed E-state index contributed by atoms with van der Waals surface area (Å²) in [6.45, 7) is 0.408. The summed E-state index contributed by atoms with van der Waals surface area (Å²) in [5, 5.41) is 11.9. The number of amides is 1. The van der Waals surface area contributed by atoms with E-state index in [1.54, 1.807) is 0 Å². The Morgan fingerprint density at radius 1 is 1.25 bits per heavy atom. The number of carboxylic acids is 1. The molecule has 1 aliphatic rings. The first-order valence-corrected chi connectivity index (χ1v) is 11.2. The molecule has 156 valence electrons. The zero-order valence-electron chi connectivity index (χ0n) is 15.8. The fourth-order valence-electron chi connectivity index (χ4n) is 2.96. The van der Waals surface area contributed by atoms with Crippen molar-refractivity contribution in [3.63, 3.8) is 0 Å². The van der Waals surface area contributed by atoms with Gasteiger partial charge in [0.2, 0.25) is 5.91 Å². The molecular weight excluding hydrogens is 383 g/mol. The number of unbranched alkanes of at least 4 members (excludes halogenated alkanes) is 1. The van der Waals surface area contributed by atoms with Crippen LogP contribution in [-0.2, 0) is 25.1 Å². The lowest BCUT2D eigenvalue weighted by atomic mass is 10.1. The van der Waals surface area contributed by atoms with Gasteiger partial charge in [0, 0.05) is 6.42 Å². The Bertz CT molecular complexity index is 695. The summed E-state index contributed by atoms with van der Waals surface area (Å²) in [6.07, 6.45) is 1.85. The summed E-state index contributed by atoms with van der Waals surface area (Å²) in [4.78, 5) is 34.1. The smallest absolute Gasteiger partial charge is 0.351 e. The highest BCUT2D eigenvalue weighted by atomic mass is 31.2. The normalized spacial score (nSPS) is 18.1. The van der Waals surface area contributed by atoms with Crippen LogP contribution in [-0.4, -0.2) is 40.3 Å². The van der Waals surface area contributed by atoms with Crippen molar-refractivity contribution in [3.8, 4) is 0 Å². The minimum Gasteiger partial charge on any atom is -0.479 e. The van der Waals surface area contributed by atoms with Crippen molar-refractivity contribution in [1.29, 1.82) is 0 Å². The molecule has 1 aliphatic carbocycles. The Morgan fingerprint density at radius 3 is 2.50 bits per heavy atom. The van der Waals surface area contributed by atoms with E-state index in [2.05, 4.69) is 5.32 Å². The van der Waals surface area contributed by atoms with Gasteiger partial charge < -0.3 is 21.1 Å². The molecule has 1 fully saturated rings. The van der Waals surface area contributed by atoms with Gasteiger partial charge in [0.05, 0.1) is 0 Å². The number of nitrogens with one attached hydrogen (secondary N) is 1. The second-order valence-electron chi connectivity index (χ2n) is 7.12. The van der Waals surface area contributed by atoms with Crippen molar-refractivity contribution in [2.45, 2.75) is 56.8 Å². The predicted molar refractivity (Wildman–Crippen MR) is 105 cm³/mol. The van der Waals surface area contributed by atoms with Crippen LogP contribution in [0.3, 0.4) is 0 Å². The van der Waals surface area contributed by atoms with Crippen LogP contribution in [0.4, 0.5) is 0 Å². The SMILES string of the molecule is NCCCC[C@H](OP(=O)(O)C(NC(=O)CCc1ccccc1)C1CC1)C(=O)O. The number of hydrogen-bond acceptors (Lipinski definition) is 5. The Labute approximate surface area is 165 Å². The zero-order valence-corrected chi connectivity index (χ0v) is 16.7. The average molecular weight is 412 g/mol. The van der Waals surface area contributed by atoms with Crippen molar-refractivity contribution in [1.82, 2.24) is 5.32 Å². The fraction of sp³-hybridized carbons (Fsp3) is 0.579. The molecule has 2 rings (SSSR count). The van der Waals surface area contributed by atoms with Gasteiger partial charge in [-0.15, -0.1) is 0 Å². The first-order chi connectivity index (χ1) is 13.3. The molecule has 1 aromatic carbocycles. The van der Waals surface area contributed by atoms with Crippen LogP contribution in [0, 0.1) is 5.92 Å². The maximum atomic E-state index is 12.8. The van der Waals surface area contributed by atoms with Crippen LogP contribution >= 0.6 is 7.60 Å². The molecule has 2 unspecified atom stereocenters. The van der Waals surface area contributed by atoms with E-state index in [9.17, 15) is 24.2 Å². The van der Waals surface area contributed by atoms with Crippen LogP contribution in [0.25, 0.3) is 0 Å². The van der Waals surface area contributed by atoms with Crippen LogP contribution < -0.4 is 11.1 Å². The molecule has 8 nitrogen and oxygen atoms in total. The minimum atomic E-state index is -4.35. The van der Waals surface area contributed by atoms with Crippen molar-refractivity contribution in [2.24, 2.45) is 11.7 Å². The number of nitrogens with two attached hydrogens (primary N) is 1. The Morgan fingerprint density at radius 2 is 1.93 bits per heavy atom. The van der Waals surface area contributed by atoms with Gasteiger partial charge in [-0.3, -0.25) is 13.9 Å². The summed E-state index contributed by atoms with van der Waals surface area (Å²) in [5.41, 5.74) is 6.40. The predicted octanol–water partition coefficient (Wildman–Crippen LogP) is 2.26. The van der Waals surface area contributed by atoms with Crippen LogP contribution in [0.2, 0.25) is 0 Å². The van der Waals surface area contributed by atoms with Gasteiger partial charge in [-0.1, -0.05) is 30.3 Å². The van der Waals surface area contributed by atoms with Gasteiger partial charge in [-0.05, 0) is 56.6 Å². The number of benzene rings is 1. The zero-order chi connectivity index (χ0) is 20.6. The number of aryl methyl sites for hydroxylation is 1. The molecule has 3 atom stereocenters. The van der Waals surface area contributed by atoms with Crippen molar-refractivity contribution < 1.29 is 28.7 Å². The highest BCUT2D eigenvalue weighted by Gasteiger charge is 2.46.